The van der Waals surface area contributed by atoms with Crippen molar-refractivity contribution in [2.45, 2.75) is 38.5 Å². The molecule has 71 valence electrons. The van der Waals surface area contributed by atoms with Crippen molar-refractivity contribution in [2.24, 2.45) is 0 Å². The maximum Gasteiger partial charge on any atom is -0.0130 e. The van der Waals surface area contributed by atoms with Crippen LogP contribution < -0.4 is 0 Å². The van der Waals surface area contributed by atoms with E-state index in [2.05, 4.69) is 42.9 Å². The molecule has 0 saturated heterocycles. The Morgan fingerprint density at radius 3 is 2.38 bits per heavy atom. The van der Waals surface area contributed by atoms with Crippen molar-refractivity contribution in [3.63, 3.8) is 0 Å². The summed E-state index contributed by atoms with van der Waals surface area (Å²) >= 11 is 0. The molecule has 0 aromatic rings. The minimum atomic E-state index is 1.07. The standard InChI is InChI=1S/C13H19/c1-2-4-6-8-10-12-13-11-9-7-5-3-1/h1-5,8,10H,6-7,9,11-13H2. The third-order valence-corrected chi connectivity index (χ3v) is 2.17. The minimum absolute atomic E-state index is 1.07. The molecule has 0 aromatic heterocycles. The molecule has 13 heavy (non-hydrogen) atoms. The van der Waals surface area contributed by atoms with Crippen molar-refractivity contribution in [1.29, 1.82) is 0 Å². The summed E-state index contributed by atoms with van der Waals surface area (Å²) in [5.74, 6) is 0. The molecule has 0 amide bonds. The average Bonchev–Trinajstić information content (AvgIpc) is 2.18. The maximum atomic E-state index is 2.30. The lowest BCUT2D eigenvalue weighted by Gasteiger charge is -1.94. The van der Waals surface area contributed by atoms with Gasteiger partial charge in [0.05, 0.1) is 0 Å². The van der Waals surface area contributed by atoms with Crippen LogP contribution in [0.1, 0.15) is 38.5 Å². The van der Waals surface area contributed by atoms with Crippen molar-refractivity contribution in [2.75, 3.05) is 0 Å². The van der Waals surface area contributed by atoms with Gasteiger partial charge >= 0.3 is 0 Å². The Morgan fingerprint density at radius 1 is 0.615 bits per heavy atom. The van der Waals surface area contributed by atoms with E-state index in [9.17, 15) is 0 Å². The smallest absolute Gasteiger partial charge is 0.0130 e. The number of rotatable bonds is 0. The highest BCUT2D eigenvalue weighted by atomic mass is 13.9. The Labute approximate surface area is 82.0 Å². The van der Waals surface area contributed by atoms with E-state index in [0.717, 1.165) is 6.42 Å². The zero-order chi connectivity index (χ0) is 9.19. The first-order chi connectivity index (χ1) is 6.50. The van der Waals surface area contributed by atoms with Crippen molar-refractivity contribution in [1.82, 2.24) is 0 Å². The first kappa shape index (κ1) is 10.3. The van der Waals surface area contributed by atoms with Crippen LogP contribution in [0.25, 0.3) is 0 Å². The molecular formula is C13H19. The second kappa shape index (κ2) is 7.85. The molecule has 0 spiro atoms. The predicted octanol–water partition coefficient (Wildman–Crippen LogP) is 4.21. The van der Waals surface area contributed by atoms with Crippen molar-refractivity contribution in [3.05, 3.63) is 42.9 Å². The van der Waals surface area contributed by atoms with Gasteiger partial charge in [-0.25, -0.2) is 0 Å². The fourth-order valence-electron chi connectivity index (χ4n) is 1.39. The highest BCUT2D eigenvalue weighted by Crippen LogP contribution is 2.06. The van der Waals surface area contributed by atoms with Gasteiger partial charge in [0.2, 0.25) is 0 Å². The van der Waals surface area contributed by atoms with Gasteiger partial charge in [0, 0.05) is 0 Å². The molecule has 0 heterocycles. The topological polar surface area (TPSA) is 0 Å². The number of allylic oxidation sites excluding steroid dienone is 6. The summed E-state index contributed by atoms with van der Waals surface area (Å²) in [5, 5.41) is 0. The molecule has 1 aliphatic carbocycles. The first-order valence-corrected chi connectivity index (χ1v) is 5.30. The summed E-state index contributed by atoms with van der Waals surface area (Å²) in [5.41, 5.74) is 0. The molecule has 1 rings (SSSR count). The van der Waals surface area contributed by atoms with E-state index < -0.39 is 0 Å². The molecule has 0 aromatic carbocycles. The van der Waals surface area contributed by atoms with Gasteiger partial charge in [-0.2, -0.15) is 0 Å². The molecule has 0 unspecified atom stereocenters. The summed E-state index contributed by atoms with van der Waals surface area (Å²) in [6, 6.07) is 0. The summed E-state index contributed by atoms with van der Waals surface area (Å²) in [6.45, 7) is 0. The summed E-state index contributed by atoms with van der Waals surface area (Å²) in [4.78, 5) is 0. The molecule has 1 radical (unpaired) electrons. The van der Waals surface area contributed by atoms with Crippen LogP contribution >= 0.6 is 0 Å². The van der Waals surface area contributed by atoms with Crippen LogP contribution in [0, 0.1) is 6.42 Å². The van der Waals surface area contributed by atoms with Crippen LogP contribution in [0.4, 0.5) is 0 Å². The SMILES string of the molecule is [CH]1C=CC=CCCCCCC=CC1. The van der Waals surface area contributed by atoms with Gasteiger partial charge in [-0.15, -0.1) is 0 Å². The van der Waals surface area contributed by atoms with Crippen LogP contribution in [0.5, 0.6) is 0 Å². The second-order valence-electron chi connectivity index (χ2n) is 3.39. The van der Waals surface area contributed by atoms with Gasteiger partial charge in [0.1, 0.15) is 0 Å². The zero-order valence-corrected chi connectivity index (χ0v) is 8.28. The lowest BCUT2D eigenvalue weighted by Crippen LogP contribution is -1.74. The fourth-order valence-corrected chi connectivity index (χ4v) is 1.39. The third-order valence-electron chi connectivity index (χ3n) is 2.17. The monoisotopic (exact) mass is 175 g/mol. The van der Waals surface area contributed by atoms with Crippen LogP contribution in [0.2, 0.25) is 0 Å². The molecule has 0 saturated carbocycles. The Hall–Kier alpha value is -0.780. The van der Waals surface area contributed by atoms with Gasteiger partial charge in [-0.3, -0.25) is 0 Å². The van der Waals surface area contributed by atoms with E-state index >= 15 is 0 Å². The van der Waals surface area contributed by atoms with Crippen LogP contribution in [-0.2, 0) is 0 Å². The average molecular weight is 175 g/mol. The van der Waals surface area contributed by atoms with Crippen LogP contribution in [0.3, 0.4) is 0 Å². The van der Waals surface area contributed by atoms with Crippen molar-refractivity contribution < 1.29 is 0 Å². The predicted molar refractivity (Wildman–Crippen MR) is 59.4 cm³/mol. The Bertz CT molecular complexity index is 184. The van der Waals surface area contributed by atoms with Crippen LogP contribution in [0.15, 0.2) is 36.5 Å². The highest BCUT2D eigenvalue weighted by Gasteiger charge is 1.86. The van der Waals surface area contributed by atoms with Gasteiger partial charge in [0.25, 0.3) is 0 Å². The van der Waals surface area contributed by atoms with Crippen LogP contribution in [-0.4, -0.2) is 0 Å². The maximum absolute atomic E-state index is 2.30. The zero-order valence-electron chi connectivity index (χ0n) is 8.28. The first-order valence-electron chi connectivity index (χ1n) is 5.30. The van der Waals surface area contributed by atoms with Gasteiger partial charge in [0.15, 0.2) is 0 Å². The normalized spacial score (nSPS) is 20.3. The van der Waals surface area contributed by atoms with Crippen molar-refractivity contribution in [3.8, 4) is 0 Å². The van der Waals surface area contributed by atoms with E-state index in [-0.39, 0.29) is 0 Å². The van der Waals surface area contributed by atoms with Crippen molar-refractivity contribution >= 4 is 0 Å². The quantitative estimate of drug-likeness (QED) is 0.484. The molecule has 0 nitrogen and oxygen atoms in total. The molecule has 0 atom stereocenters. The summed E-state index contributed by atoms with van der Waals surface area (Å²) in [6.07, 6.45) is 23.0. The largest absolute Gasteiger partial charge is 0.0885 e. The molecule has 0 aliphatic heterocycles. The van der Waals surface area contributed by atoms with Gasteiger partial charge in [-0.1, -0.05) is 42.9 Å². The molecule has 0 fully saturated rings. The van der Waals surface area contributed by atoms with E-state index in [0.29, 0.717) is 0 Å². The Balaban J connectivity index is 2.28. The van der Waals surface area contributed by atoms with Gasteiger partial charge < -0.3 is 0 Å². The number of hydrogen-bond acceptors (Lipinski definition) is 0. The van der Waals surface area contributed by atoms with E-state index in [1.807, 2.05) is 0 Å². The number of hydrogen-bond donors (Lipinski definition) is 0. The molecule has 0 bridgehead atoms. The lowest BCUT2D eigenvalue weighted by atomic mass is 10.1. The molecule has 1 aliphatic rings. The van der Waals surface area contributed by atoms with E-state index in [4.69, 9.17) is 0 Å². The molecular weight excluding hydrogens is 156 g/mol. The minimum Gasteiger partial charge on any atom is -0.0885 e. The van der Waals surface area contributed by atoms with Gasteiger partial charge in [-0.05, 0) is 38.5 Å². The lowest BCUT2D eigenvalue weighted by molar-refractivity contribution is 0.695. The van der Waals surface area contributed by atoms with E-state index in [1.54, 1.807) is 0 Å². The Kier molecular flexibility index (Phi) is 6.22. The highest BCUT2D eigenvalue weighted by molar-refractivity contribution is 5.09. The Morgan fingerprint density at radius 2 is 1.46 bits per heavy atom. The summed E-state index contributed by atoms with van der Waals surface area (Å²) < 4.78 is 0. The fraction of sp³-hybridized carbons (Fsp3) is 0.462. The molecule has 0 heteroatoms. The third kappa shape index (κ3) is 6.39. The summed E-state index contributed by atoms with van der Waals surface area (Å²) in [7, 11) is 0. The molecule has 0 N–H and O–H groups in total. The van der Waals surface area contributed by atoms with E-state index in [1.165, 1.54) is 32.1 Å². The second-order valence-corrected chi connectivity index (χ2v) is 3.39.